The van der Waals surface area contributed by atoms with E-state index in [2.05, 4.69) is 5.32 Å². The van der Waals surface area contributed by atoms with Crippen molar-refractivity contribution in [3.63, 3.8) is 0 Å². The van der Waals surface area contributed by atoms with Crippen LogP contribution in [0.3, 0.4) is 0 Å². The summed E-state index contributed by atoms with van der Waals surface area (Å²) in [5.74, 6) is 0.619. The van der Waals surface area contributed by atoms with Gasteiger partial charge in [0.1, 0.15) is 5.75 Å². The Bertz CT molecular complexity index is 510. The van der Waals surface area contributed by atoms with Gasteiger partial charge in [-0.25, -0.2) is 0 Å². The van der Waals surface area contributed by atoms with Gasteiger partial charge in [-0.2, -0.15) is 0 Å². The van der Waals surface area contributed by atoms with E-state index in [1.165, 1.54) is 0 Å². The minimum Gasteiger partial charge on any atom is -0.496 e. The highest BCUT2D eigenvalue weighted by atomic mass is 35.5. The molecule has 1 N–H and O–H groups in total. The molecule has 2 heterocycles. The van der Waals surface area contributed by atoms with Crippen molar-refractivity contribution in [1.29, 1.82) is 0 Å². The lowest BCUT2D eigenvalue weighted by Gasteiger charge is -2.28. The van der Waals surface area contributed by atoms with E-state index in [1.807, 2.05) is 4.90 Å². The van der Waals surface area contributed by atoms with Gasteiger partial charge in [0.05, 0.1) is 12.7 Å². The number of halogens is 2. The zero-order chi connectivity index (χ0) is 14.1. The average Bonchev–Trinajstić information content (AvgIpc) is 2.71. The summed E-state index contributed by atoms with van der Waals surface area (Å²) in [5.41, 5.74) is 0.607. The van der Waals surface area contributed by atoms with Gasteiger partial charge in [0.2, 0.25) is 0 Å². The van der Waals surface area contributed by atoms with Gasteiger partial charge < -0.3 is 15.0 Å². The van der Waals surface area contributed by atoms with Crippen molar-refractivity contribution in [3.05, 3.63) is 28.8 Å². The zero-order valence-electron chi connectivity index (χ0n) is 12.0. The normalized spacial score (nSPS) is 24.2. The third-order valence-corrected chi connectivity index (χ3v) is 4.52. The van der Waals surface area contributed by atoms with Crippen LogP contribution in [-0.4, -0.2) is 43.1 Å². The molecule has 0 radical (unpaired) electrons. The molecule has 4 nitrogen and oxygen atoms in total. The number of hydrogen-bond acceptors (Lipinski definition) is 3. The minimum absolute atomic E-state index is 0. The van der Waals surface area contributed by atoms with Crippen LogP contribution in [0.25, 0.3) is 0 Å². The standard InChI is InChI=1S/C15H19ClN2O2.ClH/c1-20-14-8-10(16)2-5-13(14)15(19)18-11-3-4-12(18)9-17-7-6-11;/h2,5,8,11-12,17H,3-4,6-7,9H2,1H3;1H. The molecule has 2 saturated heterocycles. The van der Waals surface area contributed by atoms with Crippen molar-refractivity contribution in [2.24, 2.45) is 0 Å². The smallest absolute Gasteiger partial charge is 0.258 e. The van der Waals surface area contributed by atoms with E-state index in [9.17, 15) is 4.79 Å². The van der Waals surface area contributed by atoms with Gasteiger partial charge in [-0.05, 0) is 44.0 Å². The predicted octanol–water partition coefficient (Wildman–Crippen LogP) is 2.74. The number of nitrogens with zero attached hydrogens (tertiary/aromatic N) is 1. The minimum atomic E-state index is 0. The quantitative estimate of drug-likeness (QED) is 0.906. The van der Waals surface area contributed by atoms with Crippen LogP contribution < -0.4 is 10.1 Å². The molecule has 0 spiro atoms. The average molecular weight is 331 g/mol. The van der Waals surface area contributed by atoms with Crippen LogP contribution in [0, 0.1) is 0 Å². The fourth-order valence-electron chi connectivity index (χ4n) is 3.29. The van der Waals surface area contributed by atoms with Crippen LogP contribution in [0.15, 0.2) is 18.2 Å². The Balaban J connectivity index is 0.00000161. The molecule has 116 valence electrons. The highest BCUT2D eigenvalue weighted by molar-refractivity contribution is 6.30. The van der Waals surface area contributed by atoms with Crippen molar-refractivity contribution < 1.29 is 9.53 Å². The SMILES string of the molecule is COc1cc(Cl)ccc1C(=O)N1C2CCNCC1CC2.Cl. The second-order valence-electron chi connectivity index (χ2n) is 5.43. The third-order valence-electron chi connectivity index (χ3n) is 4.28. The molecule has 2 unspecified atom stereocenters. The number of methoxy groups -OCH3 is 1. The third kappa shape index (κ3) is 3.12. The van der Waals surface area contributed by atoms with E-state index < -0.39 is 0 Å². The summed E-state index contributed by atoms with van der Waals surface area (Å²) < 4.78 is 5.31. The molecule has 2 aliphatic heterocycles. The van der Waals surface area contributed by atoms with Crippen LogP contribution in [0.5, 0.6) is 5.75 Å². The first-order chi connectivity index (χ1) is 9.70. The van der Waals surface area contributed by atoms with Crippen LogP contribution in [-0.2, 0) is 0 Å². The summed E-state index contributed by atoms with van der Waals surface area (Å²) in [6.45, 7) is 1.88. The van der Waals surface area contributed by atoms with Gasteiger partial charge in [-0.15, -0.1) is 12.4 Å². The Labute approximate surface area is 136 Å². The maximum atomic E-state index is 12.9. The summed E-state index contributed by atoms with van der Waals surface area (Å²) in [5, 5.41) is 3.99. The van der Waals surface area contributed by atoms with Crippen LogP contribution in [0.4, 0.5) is 0 Å². The summed E-state index contributed by atoms with van der Waals surface area (Å²) in [6, 6.07) is 5.86. The van der Waals surface area contributed by atoms with Crippen molar-refractivity contribution >= 4 is 29.9 Å². The Morgan fingerprint density at radius 1 is 1.33 bits per heavy atom. The lowest BCUT2D eigenvalue weighted by atomic mass is 10.1. The van der Waals surface area contributed by atoms with Crippen LogP contribution in [0.2, 0.25) is 5.02 Å². The van der Waals surface area contributed by atoms with Crippen LogP contribution in [0.1, 0.15) is 29.6 Å². The van der Waals surface area contributed by atoms with Crippen molar-refractivity contribution in [1.82, 2.24) is 10.2 Å². The first kappa shape index (κ1) is 16.4. The Morgan fingerprint density at radius 2 is 2.10 bits per heavy atom. The molecular formula is C15H20Cl2N2O2. The molecule has 6 heteroatoms. The second kappa shape index (κ2) is 6.86. The number of carbonyl (C=O) groups is 1. The van der Waals surface area contributed by atoms with Gasteiger partial charge in [0.25, 0.3) is 5.91 Å². The van der Waals surface area contributed by atoms with Gasteiger partial charge in [-0.1, -0.05) is 11.6 Å². The lowest BCUT2D eigenvalue weighted by Crippen LogP contribution is -2.42. The molecule has 2 atom stereocenters. The Kier molecular flexibility index (Phi) is 5.36. The molecule has 3 rings (SSSR count). The highest BCUT2D eigenvalue weighted by Crippen LogP contribution is 2.32. The van der Waals surface area contributed by atoms with E-state index in [0.29, 0.717) is 28.4 Å². The molecule has 21 heavy (non-hydrogen) atoms. The number of hydrogen-bond donors (Lipinski definition) is 1. The van der Waals surface area contributed by atoms with Crippen molar-refractivity contribution in [2.75, 3.05) is 20.2 Å². The fourth-order valence-corrected chi connectivity index (χ4v) is 3.46. The van der Waals surface area contributed by atoms with E-state index in [4.69, 9.17) is 16.3 Å². The Hall–Kier alpha value is -0.970. The number of amides is 1. The molecule has 2 aliphatic rings. The fraction of sp³-hybridized carbons (Fsp3) is 0.533. The summed E-state index contributed by atoms with van der Waals surface area (Å²) in [7, 11) is 1.57. The van der Waals surface area contributed by atoms with E-state index in [1.54, 1.807) is 25.3 Å². The molecule has 1 aromatic rings. The summed E-state index contributed by atoms with van der Waals surface area (Å²) in [4.78, 5) is 14.9. The largest absolute Gasteiger partial charge is 0.496 e. The predicted molar refractivity (Wildman–Crippen MR) is 85.7 cm³/mol. The number of nitrogens with one attached hydrogen (secondary N) is 1. The van der Waals surface area contributed by atoms with Crippen molar-refractivity contribution in [2.45, 2.75) is 31.3 Å². The molecule has 2 fully saturated rings. The molecular weight excluding hydrogens is 311 g/mol. The summed E-state index contributed by atoms with van der Waals surface area (Å²) >= 11 is 5.97. The van der Waals surface area contributed by atoms with Gasteiger partial charge in [-0.3, -0.25) is 4.79 Å². The van der Waals surface area contributed by atoms with E-state index in [-0.39, 0.29) is 18.3 Å². The first-order valence-electron chi connectivity index (χ1n) is 7.07. The number of rotatable bonds is 2. The highest BCUT2D eigenvalue weighted by Gasteiger charge is 2.39. The van der Waals surface area contributed by atoms with Crippen LogP contribution >= 0.6 is 24.0 Å². The maximum Gasteiger partial charge on any atom is 0.258 e. The molecule has 0 aliphatic carbocycles. The van der Waals surface area contributed by atoms with Gasteiger partial charge >= 0.3 is 0 Å². The Morgan fingerprint density at radius 3 is 2.86 bits per heavy atom. The van der Waals surface area contributed by atoms with Crippen molar-refractivity contribution in [3.8, 4) is 5.75 Å². The number of fused-ring (bicyclic) bond motifs is 2. The molecule has 0 aromatic heterocycles. The van der Waals surface area contributed by atoms with Gasteiger partial charge in [0, 0.05) is 23.7 Å². The molecule has 1 amide bonds. The number of benzene rings is 1. The molecule has 1 aromatic carbocycles. The van der Waals surface area contributed by atoms with E-state index in [0.717, 1.165) is 32.4 Å². The summed E-state index contributed by atoms with van der Waals surface area (Å²) in [6.07, 6.45) is 3.21. The van der Waals surface area contributed by atoms with Gasteiger partial charge in [0.15, 0.2) is 0 Å². The molecule has 2 bridgehead atoms. The second-order valence-corrected chi connectivity index (χ2v) is 5.87. The maximum absolute atomic E-state index is 12.9. The first-order valence-corrected chi connectivity index (χ1v) is 7.45. The van der Waals surface area contributed by atoms with E-state index >= 15 is 0 Å². The molecule has 0 saturated carbocycles. The monoisotopic (exact) mass is 330 g/mol. The number of carbonyl (C=O) groups excluding carboxylic acids is 1. The lowest BCUT2D eigenvalue weighted by molar-refractivity contribution is 0.0677. The topological polar surface area (TPSA) is 41.6 Å². The number of ether oxygens (including phenoxy) is 1. The zero-order valence-corrected chi connectivity index (χ0v) is 13.5.